The van der Waals surface area contributed by atoms with Crippen LogP contribution in [0.25, 0.3) is 0 Å². The Kier molecular flexibility index (Phi) is 4.35. The highest BCUT2D eigenvalue weighted by Gasteiger charge is 2.16. The Balaban J connectivity index is 1.99. The molecule has 2 aromatic carbocycles. The van der Waals surface area contributed by atoms with Crippen LogP contribution in [-0.2, 0) is 4.79 Å². The van der Waals surface area contributed by atoms with Crippen LogP contribution in [0.5, 0.6) is 5.75 Å². The van der Waals surface area contributed by atoms with E-state index >= 15 is 0 Å². The van der Waals surface area contributed by atoms with E-state index in [1.165, 1.54) is 12.1 Å². The van der Waals surface area contributed by atoms with Gasteiger partial charge in [-0.3, -0.25) is 4.79 Å². The minimum Gasteiger partial charge on any atom is -0.481 e. The molecule has 0 aliphatic carbocycles. The molecule has 0 radical (unpaired) electrons. The lowest BCUT2D eigenvalue weighted by atomic mass is 10.2. The van der Waals surface area contributed by atoms with Crippen molar-refractivity contribution in [3.63, 3.8) is 0 Å². The summed E-state index contributed by atoms with van der Waals surface area (Å²) in [6.45, 7) is 3.59. The van der Waals surface area contributed by atoms with Gasteiger partial charge in [-0.25, -0.2) is 4.39 Å². The van der Waals surface area contributed by atoms with Gasteiger partial charge in [-0.1, -0.05) is 29.8 Å². The maximum absolute atomic E-state index is 13.4. The quantitative estimate of drug-likeness (QED) is 0.925. The van der Waals surface area contributed by atoms with E-state index in [0.717, 1.165) is 5.56 Å². The molecule has 2 aromatic rings. The summed E-state index contributed by atoms with van der Waals surface area (Å²) in [5.41, 5.74) is 1.26. The van der Waals surface area contributed by atoms with E-state index in [1.807, 2.05) is 19.1 Å². The number of carbonyl (C=O) groups is 1. The number of rotatable bonds is 4. The molecule has 1 atom stereocenters. The number of hydrogen-bond donors (Lipinski definition) is 1. The molecule has 0 saturated carbocycles. The molecule has 4 heteroatoms. The van der Waals surface area contributed by atoms with E-state index in [-0.39, 0.29) is 5.69 Å². The van der Waals surface area contributed by atoms with Crippen molar-refractivity contribution in [2.45, 2.75) is 20.0 Å². The van der Waals surface area contributed by atoms with Gasteiger partial charge < -0.3 is 10.1 Å². The number of nitrogens with one attached hydrogen (secondary N) is 1. The average molecular weight is 273 g/mol. The number of amides is 1. The van der Waals surface area contributed by atoms with Crippen LogP contribution in [0.15, 0.2) is 48.5 Å². The lowest BCUT2D eigenvalue weighted by molar-refractivity contribution is -0.122. The van der Waals surface area contributed by atoms with Crippen LogP contribution in [0.1, 0.15) is 12.5 Å². The van der Waals surface area contributed by atoms with Gasteiger partial charge in [0.25, 0.3) is 5.91 Å². The predicted molar refractivity (Wildman–Crippen MR) is 76.3 cm³/mol. The van der Waals surface area contributed by atoms with Crippen LogP contribution >= 0.6 is 0 Å². The van der Waals surface area contributed by atoms with Gasteiger partial charge in [0.15, 0.2) is 6.10 Å². The Hall–Kier alpha value is -2.36. The van der Waals surface area contributed by atoms with Gasteiger partial charge in [0.05, 0.1) is 5.69 Å². The van der Waals surface area contributed by atoms with Crippen molar-refractivity contribution in [1.29, 1.82) is 0 Å². The molecule has 1 N–H and O–H groups in total. The Labute approximate surface area is 117 Å². The third-order valence-corrected chi connectivity index (χ3v) is 2.83. The first kappa shape index (κ1) is 14.1. The molecule has 2 rings (SSSR count). The maximum Gasteiger partial charge on any atom is 0.265 e. The number of hydrogen-bond acceptors (Lipinski definition) is 2. The standard InChI is InChI=1S/C16H16FNO2/c1-11-7-9-13(10-8-11)20-12(2)16(19)18-15-6-4-3-5-14(15)17/h3-10,12H,1-2H3,(H,18,19). The fourth-order valence-corrected chi connectivity index (χ4v) is 1.67. The van der Waals surface area contributed by atoms with Gasteiger partial charge in [0.1, 0.15) is 11.6 Å². The van der Waals surface area contributed by atoms with Gasteiger partial charge >= 0.3 is 0 Å². The number of halogens is 1. The maximum atomic E-state index is 13.4. The van der Waals surface area contributed by atoms with Crippen LogP contribution in [0.4, 0.5) is 10.1 Å². The molecule has 0 bridgehead atoms. The van der Waals surface area contributed by atoms with E-state index < -0.39 is 17.8 Å². The Morgan fingerprint density at radius 2 is 1.80 bits per heavy atom. The fraction of sp³-hybridized carbons (Fsp3) is 0.188. The van der Waals surface area contributed by atoms with Crippen LogP contribution in [0.3, 0.4) is 0 Å². The number of aryl methyl sites for hydroxylation is 1. The van der Waals surface area contributed by atoms with E-state index in [2.05, 4.69) is 5.32 Å². The summed E-state index contributed by atoms with van der Waals surface area (Å²) in [6.07, 6.45) is -0.711. The van der Waals surface area contributed by atoms with Gasteiger partial charge in [-0.15, -0.1) is 0 Å². The van der Waals surface area contributed by atoms with Crippen molar-refractivity contribution in [1.82, 2.24) is 0 Å². The first-order valence-corrected chi connectivity index (χ1v) is 6.35. The highest BCUT2D eigenvalue weighted by atomic mass is 19.1. The number of anilines is 1. The number of para-hydroxylation sites is 1. The van der Waals surface area contributed by atoms with Crippen molar-refractivity contribution < 1.29 is 13.9 Å². The molecule has 0 fully saturated rings. The lowest BCUT2D eigenvalue weighted by Crippen LogP contribution is -2.30. The predicted octanol–water partition coefficient (Wildman–Crippen LogP) is 3.54. The van der Waals surface area contributed by atoms with Gasteiger partial charge in [0, 0.05) is 0 Å². The second-order valence-corrected chi connectivity index (χ2v) is 4.54. The fourth-order valence-electron chi connectivity index (χ4n) is 1.67. The summed E-state index contributed by atoms with van der Waals surface area (Å²) < 4.78 is 18.9. The Morgan fingerprint density at radius 1 is 1.15 bits per heavy atom. The first-order chi connectivity index (χ1) is 9.56. The molecule has 20 heavy (non-hydrogen) atoms. The van der Waals surface area contributed by atoms with Gasteiger partial charge in [-0.2, -0.15) is 0 Å². The molecule has 0 spiro atoms. The van der Waals surface area contributed by atoms with Gasteiger partial charge in [0.2, 0.25) is 0 Å². The number of ether oxygens (including phenoxy) is 1. The molecule has 104 valence electrons. The summed E-state index contributed by atoms with van der Waals surface area (Å²) in [5.74, 6) is -0.258. The number of carbonyl (C=O) groups excluding carboxylic acids is 1. The summed E-state index contributed by atoms with van der Waals surface area (Å²) >= 11 is 0. The summed E-state index contributed by atoms with van der Waals surface area (Å²) in [5, 5.41) is 2.50. The highest BCUT2D eigenvalue weighted by molar-refractivity contribution is 5.94. The normalized spacial score (nSPS) is 11.8. The minimum atomic E-state index is -0.711. The third kappa shape index (κ3) is 3.57. The van der Waals surface area contributed by atoms with Crippen molar-refractivity contribution >= 4 is 11.6 Å². The molecule has 3 nitrogen and oxygen atoms in total. The molecule has 1 amide bonds. The minimum absolute atomic E-state index is 0.150. The molecular formula is C16H16FNO2. The topological polar surface area (TPSA) is 38.3 Å². The lowest BCUT2D eigenvalue weighted by Gasteiger charge is -2.15. The second-order valence-electron chi connectivity index (χ2n) is 4.54. The third-order valence-electron chi connectivity index (χ3n) is 2.83. The summed E-state index contributed by atoms with van der Waals surface area (Å²) in [6, 6.07) is 13.4. The first-order valence-electron chi connectivity index (χ1n) is 6.35. The molecule has 0 aliphatic rings. The van der Waals surface area contributed by atoms with E-state index in [1.54, 1.807) is 31.2 Å². The highest BCUT2D eigenvalue weighted by Crippen LogP contribution is 2.16. The van der Waals surface area contributed by atoms with Crippen molar-refractivity contribution in [3.05, 3.63) is 59.9 Å². The number of benzene rings is 2. The monoisotopic (exact) mass is 273 g/mol. The summed E-state index contributed by atoms with van der Waals surface area (Å²) in [4.78, 5) is 11.9. The van der Waals surface area contributed by atoms with Crippen molar-refractivity contribution in [2.24, 2.45) is 0 Å². The van der Waals surface area contributed by atoms with E-state index in [0.29, 0.717) is 5.75 Å². The zero-order chi connectivity index (χ0) is 14.5. The molecule has 1 unspecified atom stereocenters. The second kappa shape index (κ2) is 6.19. The molecule has 0 aromatic heterocycles. The SMILES string of the molecule is Cc1ccc(OC(C)C(=O)Nc2ccccc2F)cc1. The van der Waals surface area contributed by atoms with Crippen molar-refractivity contribution in [3.8, 4) is 5.75 Å². The largest absolute Gasteiger partial charge is 0.481 e. The molecule has 0 heterocycles. The molecule has 0 aliphatic heterocycles. The van der Waals surface area contributed by atoms with Gasteiger partial charge in [-0.05, 0) is 38.1 Å². The summed E-state index contributed by atoms with van der Waals surface area (Å²) in [7, 11) is 0. The van der Waals surface area contributed by atoms with Crippen molar-refractivity contribution in [2.75, 3.05) is 5.32 Å². The molecular weight excluding hydrogens is 257 g/mol. The van der Waals surface area contributed by atoms with Crippen LogP contribution in [0, 0.1) is 12.7 Å². The zero-order valence-corrected chi connectivity index (χ0v) is 11.4. The molecule has 0 saturated heterocycles. The van der Waals surface area contributed by atoms with E-state index in [4.69, 9.17) is 4.74 Å². The zero-order valence-electron chi connectivity index (χ0n) is 11.4. The van der Waals surface area contributed by atoms with Crippen LogP contribution in [-0.4, -0.2) is 12.0 Å². The Bertz CT molecular complexity index is 596. The van der Waals surface area contributed by atoms with E-state index in [9.17, 15) is 9.18 Å². The van der Waals surface area contributed by atoms with Crippen LogP contribution in [0.2, 0.25) is 0 Å². The smallest absolute Gasteiger partial charge is 0.265 e. The van der Waals surface area contributed by atoms with Crippen LogP contribution < -0.4 is 10.1 Å². The Morgan fingerprint density at radius 3 is 2.45 bits per heavy atom. The average Bonchev–Trinajstić information content (AvgIpc) is 2.44.